The monoisotopic (exact) mass is 438 g/mol. The average Bonchev–Trinajstić information content (AvgIpc) is 3.12. The van der Waals surface area contributed by atoms with E-state index in [1.54, 1.807) is 0 Å². The van der Waals surface area contributed by atoms with Gasteiger partial charge >= 0.3 is 0 Å². The van der Waals surface area contributed by atoms with Crippen LogP contribution < -0.4 is 5.56 Å². The number of H-pyrrole nitrogens is 1. The van der Waals surface area contributed by atoms with Gasteiger partial charge in [-0.3, -0.25) is 9.89 Å². The van der Waals surface area contributed by atoms with E-state index in [0.29, 0.717) is 21.4 Å². The Balaban J connectivity index is 1.47. The van der Waals surface area contributed by atoms with Gasteiger partial charge < -0.3 is 0 Å². The molecule has 1 atom stereocenters. The maximum absolute atomic E-state index is 13.1. The van der Waals surface area contributed by atoms with Crippen LogP contribution in [-0.4, -0.2) is 14.8 Å². The summed E-state index contributed by atoms with van der Waals surface area (Å²) in [5, 5.41) is 13.6. The van der Waals surface area contributed by atoms with E-state index in [1.807, 2.05) is 49.4 Å². The van der Waals surface area contributed by atoms with Crippen molar-refractivity contribution in [3.63, 3.8) is 0 Å². The molecule has 1 N–H and O–H groups in total. The molecule has 1 unspecified atom stereocenters. The molecule has 4 aromatic rings. The van der Waals surface area contributed by atoms with Gasteiger partial charge in [-0.05, 0) is 61.4 Å². The number of aromatic amines is 1. The molecule has 0 saturated heterocycles. The molecule has 5 nitrogen and oxygen atoms in total. The second-order valence-electron chi connectivity index (χ2n) is 8.05. The highest BCUT2D eigenvalue weighted by Gasteiger charge is 2.24. The third-order valence-electron chi connectivity index (χ3n) is 5.97. The zero-order valence-electron chi connectivity index (χ0n) is 17.7. The summed E-state index contributed by atoms with van der Waals surface area (Å²) in [7, 11) is 0. The molecule has 1 aliphatic rings. The summed E-state index contributed by atoms with van der Waals surface area (Å²) < 4.78 is 1.53. The van der Waals surface area contributed by atoms with E-state index in [2.05, 4.69) is 35.4 Å². The summed E-state index contributed by atoms with van der Waals surface area (Å²) in [5.41, 5.74) is 5.43. The van der Waals surface area contributed by atoms with Gasteiger partial charge in [0, 0.05) is 11.4 Å². The Morgan fingerprint density at radius 1 is 1.12 bits per heavy atom. The number of benzene rings is 2. The van der Waals surface area contributed by atoms with Crippen molar-refractivity contribution in [2.45, 2.75) is 42.0 Å². The number of nitriles is 1. The molecule has 158 valence electrons. The van der Waals surface area contributed by atoms with Gasteiger partial charge in [0.1, 0.15) is 16.0 Å². The van der Waals surface area contributed by atoms with Gasteiger partial charge in [-0.1, -0.05) is 60.3 Å². The lowest BCUT2D eigenvalue weighted by atomic mass is 9.82. The second-order valence-corrected chi connectivity index (χ2v) is 9.05. The van der Waals surface area contributed by atoms with Crippen LogP contribution in [0.1, 0.15) is 40.4 Å². The molecule has 1 aliphatic carbocycles. The standard InChI is InChI=1S/C26H22N4OS/c1-17-24(26(31)30(29-17)22-10-6-3-7-11-22)32-25-21(16-27)15-20-14-19(12-13-23(20)28-25)18-8-4-2-5-9-18/h2-11,15,19,29H,12-14H2,1H3. The van der Waals surface area contributed by atoms with Gasteiger partial charge in [-0.25, -0.2) is 9.67 Å². The lowest BCUT2D eigenvalue weighted by Crippen LogP contribution is -2.16. The van der Waals surface area contributed by atoms with Crippen LogP contribution in [0.15, 0.2) is 81.4 Å². The Hall–Kier alpha value is -3.56. The molecule has 0 aliphatic heterocycles. The smallest absolute Gasteiger partial charge is 0.285 e. The van der Waals surface area contributed by atoms with Gasteiger partial charge in [-0.2, -0.15) is 5.26 Å². The lowest BCUT2D eigenvalue weighted by Gasteiger charge is -2.25. The summed E-state index contributed by atoms with van der Waals surface area (Å²) in [4.78, 5) is 18.5. The molecular formula is C26H22N4OS. The molecule has 6 heteroatoms. The van der Waals surface area contributed by atoms with Gasteiger partial charge in [0.2, 0.25) is 0 Å². The van der Waals surface area contributed by atoms with E-state index >= 15 is 0 Å². The first-order chi connectivity index (χ1) is 15.6. The number of aromatic nitrogens is 3. The summed E-state index contributed by atoms with van der Waals surface area (Å²) in [5.74, 6) is 0.445. The number of fused-ring (bicyclic) bond motifs is 1. The maximum Gasteiger partial charge on any atom is 0.285 e. The van der Waals surface area contributed by atoms with Gasteiger partial charge in [0.05, 0.1) is 11.3 Å². The highest BCUT2D eigenvalue weighted by molar-refractivity contribution is 7.99. The van der Waals surface area contributed by atoms with E-state index in [-0.39, 0.29) is 5.56 Å². The summed E-state index contributed by atoms with van der Waals surface area (Å²) in [6.45, 7) is 1.87. The van der Waals surface area contributed by atoms with E-state index in [4.69, 9.17) is 4.98 Å². The lowest BCUT2D eigenvalue weighted by molar-refractivity contribution is 0.570. The molecule has 32 heavy (non-hydrogen) atoms. The summed E-state index contributed by atoms with van der Waals surface area (Å²) in [6.07, 6.45) is 2.79. The Kier molecular flexibility index (Phi) is 5.42. The van der Waals surface area contributed by atoms with Crippen molar-refractivity contribution >= 4 is 11.8 Å². The van der Waals surface area contributed by atoms with Crippen LogP contribution in [0.3, 0.4) is 0 Å². The second kappa shape index (κ2) is 8.52. The van der Waals surface area contributed by atoms with Crippen molar-refractivity contribution in [3.05, 3.63) is 105 Å². The van der Waals surface area contributed by atoms with Crippen molar-refractivity contribution in [2.24, 2.45) is 0 Å². The number of para-hydroxylation sites is 1. The third kappa shape index (κ3) is 3.76. The van der Waals surface area contributed by atoms with Crippen molar-refractivity contribution in [2.75, 3.05) is 0 Å². The fourth-order valence-corrected chi connectivity index (χ4v) is 5.26. The first-order valence-corrected chi connectivity index (χ1v) is 11.5. The minimum atomic E-state index is -0.133. The van der Waals surface area contributed by atoms with E-state index < -0.39 is 0 Å². The maximum atomic E-state index is 13.1. The van der Waals surface area contributed by atoms with Crippen LogP contribution in [0.4, 0.5) is 0 Å². The summed E-state index contributed by atoms with van der Waals surface area (Å²) in [6, 6.07) is 24.3. The molecule has 0 amide bonds. The quantitative estimate of drug-likeness (QED) is 0.477. The van der Waals surface area contributed by atoms with Crippen LogP contribution in [0.25, 0.3) is 5.69 Å². The molecule has 2 heterocycles. The number of hydrogen-bond acceptors (Lipinski definition) is 4. The molecule has 5 rings (SSSR count). The van der Waals surface area contributed by atoms with Gasteiger partial charge in [0.25, 0.3) is 5.56 Å². The van der Waals surface area contributed by atoms with E-state index in [0.717, 1.165) is 41.9 Å². The first kappa shape index (κ1) is 20.3. The predicted molar refractivity (Wildman–Crippen MR) is 125 cm³/mol. The number of pyridine rings is 1. The van der Waals surface area contributed by atoms with E-state index in [9.17, 15) is 10.1 Å². The zero-order valence-corrected chi connectivity index (χ0v) is 18.5. The Morgan fingerprint density at radius 3 is 2.56 bits per heavy atom. The highest BCUT2D eigenvalue weighted by atomic mass is 32.2. The molecule has 0 spiro atoms. The molecule has 0 radical (unpaired) electrons. The SMILES string of the molecule is Cc1[nH]n(-c2ccccc2)c(=O)c1Sc1nc2c(cc1C#N)CC(c1ccccc1)CC2. The first-order valence-electron chi connectivity index (χ1n) is 10.7. The number of rotatable bonds is 4. The topological polar surface area (TPSA) is 74.5 Å². The minimum absolute atomic E-state index is 0.133. The number of aryl methyl sites for hydroxylation is 2. The van der Waals surface area contributed by atoms with Crippen LogP contribution in [0, 0.1) is 18.3 Å². The fourth-order valence-electron chi connectivity index (χ4n) is 4.32. The number of nitrogens with one attached hydrogen (secondary N) is 1. The fraction of sp³-hybridized carbons (Fsp3) is 0.192. The van der Waals surface area contributed by atoms with Crippen LogP contribution in [0.2, 0.25) is 0 Å². The molecule has 2 aromatic carbocycles. The Morgan fingerprint density at radius 2 is 1.84 bits per heavy atom. The van der Waals surface area contributed by atoms with Crippen molar-refractivity contribution < 1.29 is 0 Å². The number of hydrogen-bond donors (Lipinski definition) is 1. The molecular weight excluding hydrogens is 416 g/mol. The predicted octanol–water partition coefficient (Wildman–Crippen LogP) is 5.16. The average molecular weight is 439 g/mol. The van der Waals surface area contributed by atoms with Crippen LogP contribution >= 0.6 is 11.8 Å². The minimum Gasteiger partial charge on any atom is -0.294 e. The van der Waals surface area contributed by atoms with Crippen LogP contribution in [0.5, 0.6) is 0 Å². The Bertz CT molecular complexity index is 1370. The zero-order chi connectivity index (χ0) is 22.1. The van der Waals surface area contributed by atoms with Crippen molar-refractivity contribution in [3.8, 4) is 11.8 Å². The third-order valence-corrected chi connectivity index (χ3v) is 7.16. The van der Waals surface area contributed by atoms with Gasteiger partial charge in [0.15, 0.2) is 0 Å². The normalized spacial score (nSPS) is 15.2. The summed E-state index contributed by atoms with van der Waals surface area (Å²) >= 11 is 1.28. The van der Waals surface area contributed by atoms with Gasteiger partial charge in [-0.15, -0.1) is 0 Å². The molecule has 0 bridgehead atoms. The largest absolute Gasteiger partial charge is 0.294 e. The molecule has 2 aromatic heterocycles. The Labute approximate surface area is 190 Å². The van der Waals surface area contributed by atoms with Crippen molar-refractivity contribution in [1.82, 2.24) is 14.8 Å². The van der Waals surface area contributed by atoms with Crippen LogP contribution in [-0.2, 0) is 12.8 Å². The highest BCUT2D eigenvalue weighted by Crippen LogP contribution is 2.36. The van der Waals surface area contributed by atoms with Crippen molar-refractivity contribution in [1.29, 1.82) is 5.26 Å². The molecule has 0 fully saturated rings. The van der Waals surface area contributed by atoms with E-state index in [1.165, 1.54) is 22.0 Å². The number of nitrogens with zero attached hydrogens (tertiary/aromatic N) is 3. The molecule has 0 saturated carbocycles.